The highest BCUT2D eigenvalue weighted by molar-refractivity contribution is 6.42. The fourth-order valence-electron chi connectivity index (χ4n) is 1.83. The summed E-state index contributed by atoms with van der Waals surface area (Å²) in [5.41, 5.74) is 4.57. The van der Waals surface area contributed by atoms with Crippen LogP contribution in [0.15, 0.2) is 30.5 Å². The standard InChI is InChI=1S/C12H14Cl2N4/c1-18-6-5-8(17-18)7-11(16-15)9-3-2-4-10(13)12(9)14/h2-6,11,16H,7,15H2,1H3. The van der Waals surface area contributed by atoms with Crippen LogP contribution in [0.3, 0.4) is 0 Å². The molecule has 2 rings (SSSR count). The van der Waals surface area contributed by atoms with Crippen LogP contribution in [0.1, 0.15) is 17.3 Å². The molecule has 0 bridgehead atoms. The summed E-state index contributed by atoms with van der Waals surface area (Å²) < 4.78 is 1.75. The quantitative estimate of drug-likeness (QED) is 0.670. The van der Waals surface area contributed by atoms with Crippen LogP contribution in [-0.4, -0.2) is 9.78 Å². The molecule has 1 aromatic heterocycles. The Bertz CT molecular complexity index is 539. The zero-order valence-corrected chi connectivity index (χ0v) is 11.4. The Morgan fingerprint density at radius 3 is 2.78 bits per heavy atom. The van der Waals surface area contributed by atoms with Crippen LogP contribution in [0.25, 0.3) is 0 Å². The summed E-state index contributed by atoms with van der Waals surface area (Å²) in [6.45, 7) is 0. The van der Waals surface area contributed by atoms with Crippen LogP contribution in [0.5, 0.6) is 0 Å². The number of nitrogens with zero attached hydrogens (tertiary/aromatic N) is 2. The van der Waals surface area contributed by atoms with Crippen molar-refractivity contribution in [1.29, 1.82) is 0 Å². The van der Waals surface area contributed by atoms with Gasteiger partial charge in [0.05, 0.1) is 21.8 Å². The number of nitrogens with one attached hydrogen (secondary N) is 1. The molecule has 18 heavy (non-hydrogen) atoms. The molecule has 2 aromatic rings. The lowest BCUT2D eigenvalue weighted by Gasteiger charge is -2.17. The van der Waals surface area contributed by atoms with E-state index in [0.717, 1.165) is 11.3 Å². The summed E-state index contributed by atoms with van der Waals surface area (Å²) in [7, 11) is 1.88. The van der Waals surface area contributed by atoms with Crippen molar-refractivity contribution in [1.82, 2.24) is 15.2 Å². The van der Waals surface area contributed by atoms with E-state index in [-0.39, 0.29) is 6.04 Å². The summed E-state index contributed by atoms with van der Waals surface area (Å²) in [4.78, 5) is 0. The van der Waals surface area contributed by atoms with Gasteiger partial charge in [-0.3, -0.25) is 16.0 Å². The Morgan fingerprint density at radius 2 is 2.17 bits per heavy atom. The van der Waals surface area contributed by atoms with Gasteiger partial charge in [-0.15, -0.1) is 0 Å². The van der Waals surface area contributed by atoms with Gasteiger partial charge in [-0.2, -0.15) is 5.10 Å². The normalized spacial score (nSPS) is 12.7. The third-order valence-corrected chi connectivity index (χ3v) is 3.57. The van der Waals surface area contributed by atoms with E-state index in [1.165, 1.54) is 0 Å². The Morgan fingerprint density at radius 1 is 1.39 bits per heavy atom. The predicted molar refractivity (Wildman–Crippen MR) is 73.4 cm³/mol. The summed E-state index contributed by atoms with van der Waals surface area (Å²) in [5.74, 6) is 5.59. The number of hydrogen-bond donors (Lipinski definition) is 2. The highest BCUT2D eigenvalue weighted by atomic mass is 35.5. The van der Waals surface area contributed by atoms with E-state index in [2.05, 4.69) is 10.5 Å². The first-order valence-corrected chi connectivity index (χ1v) is 6.26. The second kappa shape index (κ2) is 5.71. The molecule has 96 valence electrons. The summed E-state index contributed by atoms with van der Waals surface area (Å²) in [6, 6.07) is 7.34. The minimum absolute atomic E-state index is 0.119. The zero-order chi connectivity index (χ0) is 13.1. The number of rotatable bonds is 4. The van der Waals surface area contributed by atoms with Gasteiger partial charge in [-0.05, 0) is 17.7 Å². The van der Waals surface area contributed by atoms with Crippen molar-refractivity contribution < 1.29 is 0 Å². The van der Waals surface area contributed by atoms with Crippen molar-refractivity contribution in [2.45, 2.75) is 12.5 Å². The van der Waals surface area contributed by atoms with Crippen LogP contribution < -0.4 is 11.3 Å². The first-order chi connectivity index (χ1) is 8.61. The van der Waals surface area contributed by atoms with Gasteiger partial charge in [0.2, 0.25) is 0 Å². The van der Waals surface area contributed by atoms with E-state index in [9.17, 15) is 0 Å². The molecule has 1 heterocycles. The molecule has 0 radical (unpaired) electrons. The zero-order valence-electron chi connectivity index (χ0n) is 9.90. The van der Waals surface area contributed by atoms with Crippen molar-refractivity contribution in [2.75, 3.05) is 0 Å². The van der Waals surface area contributed by atoms with Gasteiger partial charge in [-0.25, -0.2) is 0 Å². The summed E-state index contributed by atoms with van der Waals surface area (Å²) in [6.07, 6.45) is 2.54. The molecule has 0 saturated carbocycles. The molecular formula is C12H14Cl2N4. The third-order valence-electron chi connectivity index (χ3n) is 2.74. The molecule has 3 N–H and O–H groups in total. The number of hydrogen-bond acceptors (Lipinski definition) is 3. The minimum atomic E-state index is -0.119. The Labute approximate surface area is 116 Å². The highest BCUT2D eigenvalue weighted by Crippen LogP contribution is 2.30. The van der Waals surface area contributed by atoms with Crippen molar-refractivity contribution in [3.05, 3.63) is 51.8 Å². The number of halogens is 2. The van der Waals surface area contributed by atoms with Crippen LogP contribution in [0, 0.1) is 0 Å². The average molecular weight is 285 g/mol. The molecule has 0 amide bonds. The Hall–Kier alpha value is -1.07. The second-order valence-corrected chi connectivity index (χ2v) is 4.83. The molecule has 1 aromatic carbocycles. The van der Waals surface area contributed by atoms with Crippen molar-refractivity contribution in [3.63, 3.8) is 0 Å². The van der Waals surface area contributed by atoms with Crippen molar-refractivity contribution in [2.24, 2.45) is 12.9 Å². The SMILES string of the molecule is Cn1ccc(CC(NN)c2cccc(Cl)c2Cl)n1. The van der Waals surface area contributed by atoms with Crippen molar-refractivity contribution in [3.8, 4) is 0 Å². The molecule has 0 saturated heterocycles. The maximum absolute atomic E-state index is 6.19. The summed E-state index contributed by atoms with van der Waals surface area (Å²) in [5, 5.41) is 5.37. The molecule has 0 aliphatic carbocycles. The minimum Gasteiger partial charge on any atom is -0.276 e. The smallest absolute Gasteiger partial charge is 0.0643 e. The predicted octanol–water partition coefficient (Wildman–Crippen LogP) is 2.47. The lowest BCUT2D eigenvalue weighted by Crippen LogP contribution is -2.30. The van der Waals surface area contributed by atoms with E-state index in [1.54, 1.807) is 10.7 Å². The van der Waals surface area contributed by atoms with Gasteiger partial charge in [0.1, 0.15) is 0 Å². The summed E-state index contributed by atoms with van der Waals surface area (Å²) >= 11 is 12.2. The maximum Gasteiger partial charge on any atom is 0.0643 e. The molecule has 0 aliphatic rings. The number of aryl methyl sites for hydroxylation is 1. The largest absolute Gasteiger partial charge is 0.276 e. The van der Waals surface area contributed by atoms with Gasteiger partial charge in [-0.1, -0.05) is 35.3 Å². The highest BCUT2D eigenvalue weighted by Gasteiger charge is 2.16. The van der Waals surface area contributed by atoms with E-state index < -0.39 is 0 Å². The Balaban J connectivity index is 2.25. The number of hydrazine groups is 1. The van der Waals surface area contributed by atoms with Gasteiger partial charge >= 0.3 is 0 Å². The van der Waals surface area contributed by atoms with Gasteiger partial charge in [0.25, 0.3) is 0 Å². The third kappa shape index (κ3) is 2.84. The number of nitrogens with two attached hydrogens (primary N) is 1. The van der Waals surface area contributed by atoms with E-state index in [1.807, 2.05) is 31.4 Å². The first-order valence-electron chi connectivity index (χ1n) is 5.50. The molecule has 0 spiro atoms. The molecule has 1 atom stereocenters. The molecular weight excluding hydrogens is 271 g/mol. The average Bonchev–Trinajstić information content (AvgIpc) is 2.76. The lowest BCUT2D eigenvalue weighted by molar-refractivity contribution is 0.541. The van der Waals surface area contributed by atoms with Gasteiger partial charge in [0.15, 0.2) is 0 Å². The maximum atomic E-state index is 6.19. The van der Waals surface area contributed by atoms with E-state index >= 15 is 0 Å². The van der Waals surface area contributed by atoms with Crippen LogP contribution in [0.2, 0.25) is 10.0 Å². The molecule has 6 heteroatoms. The topological polar surface area (TPSA) is 55.9 Å². The fourth-order valence-corrected chi connectivity index (χ4v) is 2.27. The molecule has 0 aliphatic heterocycles. The van der Waals surface area contributed by atoms with Crippen LogP contribution >= 0.6 is 23.2 Å². The van der Waals surface area contributed by atoms with Crippen molar-refractivity contribution >= 4 is 23.2 Å². The van der Waals surface area contributed by atoms with Gasteiger partial charge in [0, 0.05) is 19.7 Å². The lowest BCUT2D eigenvalue weighted by atomic mass is 10.0. The van der Waals surface area contributed by atoms with E-state index in [0.29, 0.717) is 16.5 Å². The van der Waals surface area contributed by atoms with Crippen LogP contribution in [-0.2, 0) is 13.5 Å². The second-order valence-electron chi connectivity index (χ2n) is 4.05. The molecule has 4 nitrogen and oxygen atoms in total. The van der Waals surface area contributed by atoms with Crippen LogP contribution in [0.4, 0.5) is 0 Å². The van der Waals surface area contributed by atoms with E-state index in [4.69, 9.17) is 29.0 Å². The fraction of sp³-hybridized carbons (Fsp3) is 0.250. The monoisotopic (exact) mass is 284 g/mol. The number of aromatic nitrogens is 2. The van der Waals surface area contributed by atoms with Gasteiger partial charge < -0.3 is 0 Å². The number of benzene rings is 1. The first kappa shape index (κ1) is 13.4. The molecule has 0 fully saturated rings. The Kier molecular flexibility index (Phi) is 4.24. The molecule has 1 unspecified atom stereocenters.